The summed E-state index contributed by atoms with van der Waals surface area (Å²) < 4.78 is 50.7. The molecule has 0 N–H and O–H groups in total. The number of fused-ring (bicyclic) bond motifs is 3. The van der Waals surface area contributed by atoms with E-state index < -0.39 is 23.9 Å². The molecule has 4 rings (SSSR count). The van der Waals surface area contributed by atoms with Crippen molar-refractivity contribution in [3.05, 3.63) is 76.9 Å². The van der Waals surface area contributed by atoms with Crippen LogP contribution < -0.4 is 4.74 Å². The third kappa shape index (κ3) is 5.61. The zero-order valence-corrected chi connectivity index (χ0v) is 20.8. The van der Waals surface area contributed by atoms with Crippen molar-refractivity contribution < 1.29 is 27.4 Å². The van der Waals surface area contributed by atoms with Crippen molar-refractivity contribution in [2.75, 3.05) is 0 Å². The molecule has 6 nitrogen and oxygen atoms in total. The van der Waals surface area contributed by atoms with Crippen LogP contribution >= 0.6 is 0 Å². The van der Waals surface area contributed by atoms with E-state index >= 15 is 0 Å². The molecular formula is C27H28F3N3O3. The maximum absolute atomic E-state index is 13.0. The number of aryl methyl sites for hydroxylation is 2. The molecule has 0 saturated carbocycles. The highest BCUT2D eigenvalue weighted by Gasteiger charge is 2.33. The van der Waals surface area contributed by atoms with Gasteiger partial charge in [-0.2, -0.15) is 0 Å². The molecule has 190 valence electrons. The van der Waals surface area contributed by atoms with Gasteiger partial charge < -0.3 is 9.47 Å². The number of esters is 1. The predicted molar refractivity (Wildman–Crippen MR) is 129 cm³/mol. The molecule has 0 aliphatic carbocycles. The van der Waals surface area contributed by atoms with Crippen LogP contribution in [0.15, 0.2) is 48.5 Å². The number of aromatic nitrogens is 3. The van der Waals surface area contributed by atoms with Crippen molar-refractivity contribution in [3.8, 4) is 11.4 Å². The molecule has 2 aromatic carbocycles. The van der Waals surface area contributed by atoms with E-state index in [0.29, 0.717) is 28.5 Å². The molecule has 1 aliphatic heterocycles. The summed E-state index contributed by atoms with van der Waals surface area (Å²) >= 11 is 0. The minimum Gasteiger partial charge on any atom is -0.460 e. The Labute approximate surface area is 207 Å². The Morgan fingerprint density at radius 2 is 1.75 bits per heavy atom. The normalized spacial score (nSPS) is 15.4. The lowest BCUT2D eigenvalue weighted by molar-refractivity contribution is -0.274. The van der Waals surface area contributed by atoms with E-state index in [-0.39, 0.29) is 12.2 Å². The van der Waals surface area contributed by atoms with Crippen LogP contribution in [0.25, 0.3) is 11.3 Å². The molecule has 0 radical (unpaired) electrons. The van der Waals surface area contributed by atoms with E-state index in [4.69, 9.17) is 4.74 Å². The SMILES string of the molecule is CCc1ccc(C2=C[C@H](CC(=O)OC(C)(C)C)c3nnc(C)n3-c3ccc(OC(F)(F)F)cc32)cc1. The van der Waals surface area contributed by atoms with Gasteiger partial charge in [-0.05, 0) is 69.0 Å². The highest BCUT2D eigenvalue weighted by Crippen LogP contribution is 2.40. The summed E-state index contributed by atoms with van der Waals surface area (Å²) in [5.74, 6) is -0.231. The first-order valence-corrected chi connectivity index (χ1v) is 11.7. The Bertz CT molecular complexity index is 1300. The molecule has 3 aromatic rings. The molecule has 1 atom stereocenters. The summed E-state index contributed by atoms with van der Waals surface area (Å²) in [5.41, 5.74) is 3.03. The van der Waals surface area contributed by atoms with E-state index in [1.807, 2.05) is 37.3 Å². The Hall–Kier alpha value is -3.62. The maximum Gasteiger partial charge on any atom is 0.573 e. The van der Waals surface area contributed by atoms with Gasteiger partial charge in [-0.15, -0.1) is 23.4 Å². The van der Waals surface area contributed by atoms with Gasteiger partial charge in [0.05, 0.1) is 12.1 Å². The summed E-state index contributed by atoms with van der Waals surface area (Å²) in [6.07, 6.45) is -2.14. The van der Waals surface area contributed by atoms with E-state index in [2.05, 4.69) is 14.9 Å². The van der Waals surface area contributed by atoms with Crippen molar-refractivity contribution >= 4 is 11.5 Å². The summed E-state index contributed by atoms with van der Waals surface area (Å²) in [6, 6.07) is 12.0. The highest BCUT2D eigenvalue weighted by molar-refractivity contribution is 5.86. The second-order valence-electron chi connectivity index (χ2n) is 9.70. The van der Waals surface area contributed by atoms with Crippen LogP contribution in [0.5, 0.6) is 5.75 Å². The molecule has 9 heteroatoms. The number of hydrogen-bond donors (Lipinski definition) is 0. The number of halogens is 3. The minimum absolute atomic E-state index is 0.00809. The maximum atomic E-state index is 13.0. The number of alkyl halides is 3. The fourth-order valence-electron chi connectivity index (χ4n) is 4.29. The van der Waals surface area contributed by atoms with Crippen molar-refractivity contribution in [1.29, 1.82) is 0 Å². The minimum atomic E-state index is -4.83. The summed E-state index contributed by atoms with van der Waals surface area (Å²) in [5, 5.41) is 8.53. The van der Waals surface area contributed by atoms with Gasteiger partial charge >= 0.3 is 12.3 Å². The van der Waals surface area contributed by atoms with Gasteiger partial charge in [0.1, 0.15) is 23.0 Å². The van der Waals surface area contributed by atoms with Gasteiger partial charge in [-0.25, -0.2) is 0 Å². The third-order valence-corrected chi connectivity index (χ3v) is 5.76. The fraction of sp³-hybridized carbons (Fsp3) is 0.370. The first-order valence-electron chi connectivity index (χ1n) is 11.7. The number of hydrogen-bond acceptors (Lipinski definition) is 5. The number of ether oxygens (including phenoxy) is 2. The van der Waals surface area contributed by atoms with Crippen LogP contribution in [-0.4, -0.2) is 32.7 Å². The Balaban J connectivity index is 1.91. The second-order valence-corrected chi connectivity index (χ2v) is 9.70. The molecular weight excluding hydrogens is 471 g/mol. The second kappa shape index (κ2) is 9.44. The van der Waals surface area contributed by atoms with Crippen LogP contribution in [0.4, 0.5) is 13.2 Å². The summed E-state index contributed by atoms with van der Waals surface area (Å²) in [4.78, 5) is 12.8. The first kappa shape index (κ1) is 25.5. The van der Waals surface area contributed by atoms with Gasteiger partial charge in [-0.3, -0.25) is 9.36 Å². The summed E-state index contributed by atoms with van der Waals surface area (Å²) in [6.45, 7) is 9.17. The van der Waals surface area contributed by atoms with Gasteiger partial charge in [0.2, 0.25) is 0 Å². The standard InChI is InChI=1S/C27H28F3N3O3/c1-6-17-7-9-18(10-8-17)21-13-19(14-24(34)36-26(3,4)5)25-32-31-16(2)33(25)23-12-11-20(15-22(21)23)35-27(28,29)30/h7-13,15,19H,6,14H2,1-5H3/t19-/m1/s1. The van der Waals surface area contributed by atoms with Gasteiger partial charge in [0.25, 0.3) is 0 Å². The van der Waals surface area contributed by atoms with Crippen LogP contribution in [0.2, 0.25) is 0 Å². The molecule has 36 heavy (non-hydrogen) atoms. The average Bonchev–Trinajstić information content (AvgIpc) is 3.09. The van der Waals surface area contributed by atoms with Crippen LogP contribution in [0.1, 0.15) is 68.4 Å². The van der Waals surface area contributed by atoms with Crippen molar-refractivity contribution in [2.45, 2.75) is 65.3 Å². The number of nitrogens with zero attached hydrogens (tertiary/aromatic N) is 3. The van der Waals surface area contributed by atoms with Crippen LogP contribution in [0.3, 0.4) is 0 Å². The monoisotopic (exact) mass is 499 g/mol. The molecule has 0 unspecified atom stereocenters. The topological polar surface area (TPSA) is 66.2 Å². The smallest absolute Gasteiger partial charge is 0.460 e. The van der Waals surface area contributed by atoms with Crippen LogP contribution in [-0.2, 0) is 16.0 Å². The van der Waals surface area contributed by atoms with Gasteiger partial charge in [-0.1, -0.05) is 37.3 Å². The molecule has 0 fully saturated rings. The molecule has 2 heterocycles. The lowest BCUT2D eigenvalue weighted by atomic mass is 9.92. The lowest BCUT2D eigenvalue weighted by Crippen LogP contribution is -2.25. The van der Waals surface area contributed by atoms with E-state index in [9.17, 15) is 18.0 Å². The first-order chi connectivity index (χ1) is 16.8. The summed E-state index contributed by atoms with van der Waals surface area (Å²) in [7, 11) is 0. The molecule has 0 bridgehead atoms. The predicted octanol–water partition coefficient (Wildman–Crippen LogP) is 6.30. The number of carbonyl (C=O) groups is 1. The number of carbonyl (C=O) groups excluding carboxylic acids is 1. The van der Waals surface area contributed by atoms with Crippen molar-refractivity contribution in [3.63, 3.8) is 0 Å². The largest absolute Gasteiger partial charge is 0.573 e. The van der Waals surface area contributed by atoms with Gasteiger partial charge in [0, 0.05) is 11.5 Å². The van der Waals surface area contributed by atoms with Crippen LogP contribution in [0, 0.1) is 6.92 Å². The van der Waals surface area contributed by atoms with Crippen molar-refractivity contribution in [1.82, 2.24) is 14.8 Å². The molecule has 0 amide bonds. The number of rotatable bonds is 5. The Kier molecular flexibility index (Phi) is 6.68. The molecule has 0 spiro atoms. The average molecular weight is 500 g/mol. The zero-order chi connectivity index (χ0) is 26.3. The lowest BCUT2D eigenvalue weighted by Gasteiger charge is -2.21. The van der Waals surface area contributed by atoms with E-state index in [0.717, 1.165) is 17.5 Å². The molecule has 0 saturated heterocycles. The number of benzene rings is 2. The highest BCUT2D eigenvalue weighted by atomic mass is 19.4. The molecule has 1 aliphatic rings. The zero-order valence-electron chi connectivity index (χ0n) is 20.8. The molecule has 1 aromatic heterocycles. The van der Waals surface area contributed by atoms with Gasteiger partial charge in [0.15, 0.2) is 0 Å². The van der Waals surface area contributed by atoms with Crippen molar-refractivity contribution in [2.24, 2.45) is 0 Å². The van der Waals surface area contributed by atoms with E-state index in [1.54, 1.807) is 38.3 Å². The number of allylic oxidation sites excluding steroid dienone is 1. The Morgan fingerprint density at radius 1 is 1.06 bits per heavy atom. The fourth-order valence-corrected chi connectivity index (χ4v) is 4.29. The third-order valence-electron chi connectivity index (χ3n) is 5.76. The quantitative estimate of drug-likeness (QED) is 0.386. The van der Waals surface area contributed by atoms with E-state index in [1.165, 1.54) is 12.1 Å². The Morgan fingerprint density at radius 3 is 2.36 bits per heavy atom.